The van der Waals surface area contributed by atoms with Gasteiger partial charge in [0.05, 0.1) is 11.6 Å². The Hall–Kier alpha value is -1.99. The molecule has 0 unspecified atom stereocenters. The predicted octanol–water partition coefficient (Wildman–Crippen LogP) is 3.43. The van der Waals surface area contributed by atoms with Gasteiger partial charge in [0.2, 0.25) is 0 Å². The minimum atomic E-state index is -0.405. The summed E-state index contributed by atoms with van der Waals surface area (Å²) in [5, 5.41) is 8.64. The molecule has 2 rings (SSSR count). The van der Waals surface area contributed by atoms with Crippen molar-refractivity contribution in [3.63, 3.8) is 0 Å². The van der Waals surface area contributed by atoms with Gasteiger partial charge < -0.3 is 5.73 Å². The van der Waals surface area contributed by atoms with Gasteiger partial charge in [-0.15, -0.1) is 0 Å². The quantitative estimate of drug-likeness (QED) is 0.823. The lowest BCUT2D eigenvalue weighted by Crippen LogP contribution is -1.89. The molecule has 0 amide bonds. The zero-order valence-electron chi connectivity index (χ0n) is 8.85. The van der Waals surface area contributed by atoms with Crippen LogP contribution in [0.2, 0.25) is 0 Å². The maximum absolute atomic E-state index is 13.6. The van der Waals surface area contributed by atoms with Gasteiger partial charge in [-0.1, -0.05) is 23.9 Å². The number of hydrogen-bond donors (Lipinski definition) is 1. The number of hydrogen-bond acceptors (Lipinski definition) is 3. The fraction of sp³-hybridized carbons (Fsp3) is 0. The Balaban J connectivity index is 2.32. The molecular formula is C13H9FN2S. The highest BCUT2D eigenvalue weighted by Gasteiger charge is 2.07. The molecule has 0 saturated heterocycles. The first-order valence-corrected chi connectivity index (χ1v) is 5.74. The van der Waals surface area contributed by atoms with Crippen molar-refractivity contribution in [1.29, 1.82) is 5.26 Å². The SMILES string of the molecule is N#Cc1ccc(Sc2ccccc2N)c(F)c1. The van der Waals surface area contributed by atoms with E-state index in [9.17, 15) is 4.39 Å². The van der Waals surface area contributed by atoms with Crippen molar-refractivity contribution in [2.45, 2.75) is 9.79 Å². The van der Waals surface area contributed by atoms with E-state index in [0.717, 1.165) is 4.90 Å². The van der Waals surface area contributed by atoms with E-state index in [1.54, 1.807) is 18.2 Å². The van der Waals surface area contributed by atoms with E-state index in [1.165, 1.54) is 17.8 Å². The summed E-state index contributed by atoms with van der Waals surface area (Å²) in [5.74, 6) is -0.405. The first-order valence-electron chi connectivity index (χ1n) is 4.92. The molecule has 84 valence electrons. The number of para-hydroxylation sites is 1. The van der Waals surface area contributed by atoms with Crippen molar-refractivity contribution in [1.82, 2.24) is 0 Å². The van der Waals surface area contributed by atoms with Crippen molar-refractivity contribution in [3.05, 3.63) is 53.8 Å². The van der Waals surface area contributed by atoms with Crippen LogP contribution in [0.15, 0.2) is 52.3 Å². The van der Waals surface area contributed by atoms with Gasteiger partial charge in [0, 0.05) is 15.5 Å². The van der Waals surface area contributed by atoms with E-state index in [-0.39, 0.29) is 0 Å². The molecule has 0 aromatic heterocycles. The number of nitrogens with zero attached hydrogens (tertiary/aromatic N) is 1. The van der Waals surface area contributed by atoms with Crippen molar-refractivity contribution < 1.29 is 4.39 Å². The molecule has 17 heavy (non-hydrogen) atoms. The van der Waals surface area contributed by atoms with Crippen LogP contribution in [0.1, 0.15) is 5.56 Å². The molecule has 2 N–H and O–H groups in total. The fourth-order valence-electron chi connectivity index (χ4n) is 1.35. The summed E-state index contributed by atoms with van der Waals surface area (Å²) in [5.41, 5.74) is 6.70. The van der Waals surface area contributed by atoms with Gasteiger partial charge in [-0.25, -0.2) is 4.39 Å². The van der Waals surface area contributed by atoms with E-state index in [4.69, 9.17) is 11.0 Å². The van der Waals surface area contributed by atoms with Crippen LogP contribution in [0.5, 0.6) is 0 Å². The Bertz CT molecular complexity index is 590. The standard InChI is InChI=1S/C13H9FN2S/c14-10-7-9(8-15)5-6-12(10)17-13-4-2-1-3-11(13)16/h1-7H,16H2. The second-order valence-corrected chi connectivity index (χ2v) is 4.48. The van der Waals surface area contributed by atoms with Crippen LogP contribution in [-0.4, -0.2) is 0 Å². The minimum Gasteiger partial charge on any atom is -0.398 e. The molecule has 0 spiro atoms. The van der Waals surface area contributed by atoms with Crippen LogP contribution in [0.25, 0.3) is 0 Å². The van der Waals surface area contributed by atoms with Crippen LogP contribution >= 0.6 is 11.8 Å². The summed E-state index contributed by atoms with van der Waals surface area (Å²) >= 11 is 1.25. The van der Waals surface area contributed by atoms with Crippen LogP contribution < -0.4 is 5.73 Å². The number of nitrogens with two attached hydrogens (primary N) is 1. The third-order valence-electron chi connectivity index (χ3n) is 2.20. The van der Waals surface area contributed by atoms with E-state index >= 15 is 0 Å². The van der Waals surface area contributed by atoms with Crippen LogP contribution in [-0.2, 0) is 0 Å². The zero-order chi connectivity index (χ0) is 12.3. The molecule has 0 fully saturated rings. The normalized spacial score (nSPS) is 9.88. The highest BCUT2D eigenvalue weighted by molar-refractivity contribution is 7.99. The second kappa shape index (κ2) is 4.89. The third-order valence-corrected chi connectivity index (χ3v) is 3.34. The molecule has 0 radical (unpaired) electrons. The van der Waals surface area contributed by atoms with E-state index in [0.29, 0.717) is 16.1 Å². The molecule has 0 aliphatic rings. The first kappa shape index (κ1) is 11.5. The molecule has 2 aromatic rings. The van der Waals surface area contributed by atoms with Crippen molar-refractivity contribution in [2.75, 3.05) is 5.73 Å². The number of nitriles is 1. The molecule has 0 aliphatic carbocycles. The fourth-order valence-corrected chi connectivity index (χ4v) is 2.21. The van der Waals surface area contributed by atoms with Crippen molar-refractivity contribution in [3.8, 4) is 6.07 Å². The van der Waals surface area contributed by atoms with Crippen LogP contribution in [0, 0.1) is 17.1 Å². The number of halogens is 1. The summed E-state index contributed by atoms with van der Waals surface area (Å²) in [7, 11) is 0. The molecule has 0 bridgehead atoms. The lowest BCUT2D eigenvalue weighted by molar-refractivity contribution is 0.601. The van der Waals surface area contributed by atoms with Gasteiger partial charge in [-0.05, 0) is 30.3 Å². The maximum atomic E-state index is 13.6. The highest BCUT2D eigenvalue weighted by atomic mass is 32.2. The summed E-state index contributed by atoms with van der Waals surface area (Å²) in [6.45, 7) is 0. The number of rotatable bonds is 2. The molecule has 4 heteroatoms. The summed E-state index contributed by atoms with van der Waals surface area (Å²) < 4.78 is 13.6. The van der Waals surface area contributed by atoms with Gasteiger partial charge in [0.25, 0.3) is 0 Å². The number of nitrogen functional groups attached to an aromatic ring is 1. The lowest BCUT2D eigenvalue weighted by atomic mass is 10.2. The van der Waals surface area contributed by atoms with Gasteiger partial charge in [-0.2, -0.15) is 5.26 Å². The topological polar surface area (TPSA) is 49.8 Å². The van der Waals surface area contributed by atoms with Crippen LogP contribution in [0.3, 0.4) is 0 Å². The molecular weight excluding hydrogens is 235 g/mol. The average molecular weight is 244 g/mol. The molecule has 2 aromatic carbocycles. The van der Waals surface area contributed by atoms with Crippen molar-refractivity contribution >= 4 is 17.4 Å². The average Bonchev–Trinajstić information content (AvgIpc) is 2.34. The predicted molar refractivity (Wildman–Crippen MR) is 66.1 cm³/mol. The zero-order valence-corrected chi connectivity index (χ0v) is 9.67. The van der Waals surface area contributed by atoms with E-state index in [1.807, 2.05) is 24.3 Å². The smallest absolute Gasteiger partial charge is 0.138 e. The molecule has 0 aliphatic heterocycles. The van der Waals surface area contributed by atoms with Gasteiger partial charge in [0.1, 0.15) is 5.82 Å². The Kier molecular flexibility index (Phi) is 3.31. The summed E-state index contributed by atoms with van der Waals surface area (Å²) in [6.07, 6.45) is 0. The van der Waals surface area contributed by atoms with Gasteiger partial charge in [0.15, 0.2) is 0 Å². The van der Waals surface area contributed by atoms with Crippen LogP contribution in [0.4, 0.5) is 10.1 Å². The minimum absolute atomic E-state index is 0.313. The molecule has 0 atom stereocenters. The maximum Gasteiger partial charge on any atom is 0.138 e. The highest BCUT2D eigenvalue weighted by Crippen LogP contribution is 2.33. The Morgan fingerprint density at radius 2 is 1.88 bits per heavy atom. The van der Waals surface area contributed by atoms with Gasteiger partial charge in [-0.3, -0.25) is 0 Å². The molecule has 2 nitrogen and oxygen atoms in total. The molecule has 0 saturated carbocycles. The van der Waals surface area contributed by atoms with E-state index < -0.39 is 5.82 Å². The van der Waals surface area contributed by atoms with Gasteiger partial charge >= 0.3 is 0 Å². The van der Waals surface area contributed by atoms with E-state index in [2.05, 4.69) is 0 Å². The number of anilines is 1. The Labute approximate surface area is 103 Å². The Morgan fingerprint density at radius 1 is 1.12 bits per heavy atom. The largest absolute Gasteiger partial charge is 0.398 e. The van der Waals surface area contributed by atoms with Crippen molar-refractivity contribution in [2.24, 2.45) is 0 Å². The Morgan fingerprint density at radius 3 is 2.53 bits per heavy atom. The molecule has 0 heterocycles. The monoisotopic (exact) mass is 244 g/mol. The summed E-state index contributed by atoms with van der Waals surface area (Å²) in [6, 6.07) is 13.6. The third kappa shape index (κ3) is 2.58. The lowest BCUT2D eigenvalue weighted by Gasteiger charge is -2.05. The first-order chi connectivity index (χ1) is 8.20. The second-order valence-electron chi connectivity index (χ2n) is 3.40. The summed E-state index contributed by atoms with van der Waals surface area (Å²) in [4.78, 5) is 1.26. The number of benzene rings is 2.